The standard InChI is InChI=1S/C21H40N2O/c1-22(16-13-19-9-5-3-6-10-19)17-15-21(24)23(2)18-14-20-11-7-4-8-12-20/h19-20H,3-18H2,1-2H3. The molecule has 24 heavy (non-hydrogen) atoms. The van der Waals surface area contributed by atoms with Gasteiger partial charge in [0.1, 0.15) is 0 Å². The second kappa shape index (κ2) is 11.1. The molecule has 2 aliphatic carbocycles. The van der Waals surface area contributed by atoms with Crippen LogP contribution in [0, 0.1) is 11.8 Å². The topological polar surface area (TPSA) is 23.6 Å². The van der Waals surface area contributed by atoms with E-state index in [0.29, 0.717) is 12.3 Å². The third-order valence-electron chi connectivity index (χ3n) is 6.37. The molecule has 0 aromatic carbocycles. The van der Waals surface area contributed by atoms with Gasteiger partial charge in [-0.2, -0.15) is 0 Å². The minimum absolute atomic E-state index is 0.329. The zero-order valence-corrected chi connectivity index (χ0v) is 16.3. The highest BCUT2D eigenvalue weighted by molar-refractivity contribution is 5.76. The largest absolute Gasteiger partial charge is 0.346 e. The number of rotatable bonds is 9. The molecule has 140 valence electrons. The van der Waals surface area contributed by atoms with Crippen LogP contribution in [0.5, 0.6) is 0 Å². The smallest absolute Gasteiger partial charge is 0.223 e. The fourth-order valence-corrected chi connectivity index (χ4v) is 4.44. The van der Waals surface area contributed by atoms with Crippen LogP contribution < -0.4 is 0 Å². The van der Waals surface area contributed by atoms with E-state index in [4.69, 9.17) is 0 Å². The maximum atomic E-state index is 12.3. The van der Waals surface area contributed by atoms with Gasteiger partial charge in [-0.25, -0.2) is 0 Å². The molecule has 2 aliphatic rings. The van der Waals surface area contributed by atoms with Crippen molar-refractivity contribution in [2.24, 2.45) is 11.8 Å². The highest BCUT2D eigenvalue weighted by Gasteiger charge is 2.17. The molecule has 0 unspecified atom stereocenters. The number of amides is 1. The van der Waals surface area contributed by atoms with Gasteiger partial charge in [-0.1, -0.05) is 64.2 Å². The molecule has 2 rings (SSSR count). The molecular formula is C21H40N2O. The van der Waals surface area contributed by atoms with Crippen molar-refractivity contribution in [1.82, 2.24) is 9.80 Å². The second-order valence-corrected chi connectivity index (χ2v) is 8.45. The van der Waals surface area contributed by atoms with Crippen LogP contribution >= 0.6 is 0 Å². The van der Waals surface area contributed by atoms with Gasteiger partial charge in [0.05, 0.1) is 0 Å². The average Bonchev–Trinajstić information content (AvgIpc) is 2.64. The minimum atomic E-state index is 0.329. The molecule has 0 N–H and O–H groups in total. The van der Waals surface area contributed by atoms with Gasteiger partial charge in [0.15, 0.2) is 0 Å². The van der Waals surface area contributed by atoms with Crippen LogP contribution in [0.15, 0.2) is 0 Å². The quantitative estimate of drug-likeness (QED) is 0.609. The summed E-state index contributed by atoms with van der Waals surface area (Å²) in [6.45, 7) is 3.03. The predicted octanol–water partition coefficient (Wildman–Crippen LogP) is 4.71. The van der Waals surface area contributed by atoms with Crippen molar-refractivity contribution in [2.45, 2.75) is 83.5 Å². The first-order chi connectivity index (χ1) is 11.6. The SMILES string of the molecule is CN(CCC(=O)N(C)CCC1CCCCC1)CCC1CCCCC1. The van der Waals surface area contributed by atoms with Crippen LogP contribution in [-0.4, -0.2) is 49.4 Å². The van der Waals surface area contributed by atoms with E-state index >= 15 is 0 Å². The molecule has 0 aromatic heterocycles. The molecular weight excluding hydrogens is 296 g/mol. The van der Waals surface area contributed by atoms with Crippen molar-refractivity contribution >= 4 is 5.91 Å². The third kappa shape index (κ3) is 7.55. The van der Waals surface area contributed by atoms with Crippen LogP contribution in [0.3, 0.4) is 0 Å². The molecule has 0 aliphatic heterocycles. The first-order valence-corrected chi connectivity index (χ1v) is 10.6. The molecule has 0 saturated heterocycles. The Labute approximate surface area is 150 Å². The van der Waals surface area contributed by atoms with Crippen LogP contribution in [0.4, 0.5) is 0 Å². The summed E-state index contributed by atoms with van der Waals surface area (Å²) < 4.78 is 0. The van der Waals surface area contributed by atoms with E-state index in [1.807, 2.05) is 11.9 Å². The lowest BCUT2D eigenvalue weighted by Gasteiger charge is -2.26. The predicted molar refractivity (Wildman–Crippen MR) is 102 cm³/mol. The number of nitrogens with zero attached hydrogens (tertiary/aromatic N) is 2. The second-order valence-electron chi connectivity index (χ2n) is 8.45. The van der Waals surface area contributed by atoms with Crippen LogP contribution in [0.2, 0.25) is 0 Å². The van der Waals surface area contributed by atoms with Gasteiger partial charge in [-0.15, -0.1) is 0 Å². The van der Waals surface area contributed by atoms with Gasteiger partial charge in [0.25, 0.3) is 0 Å². The molecule has 0 bridgehead atoms. The molecule has 2 saturated carbocycles. The summed E-state index contributed by atoms with van der Waals surface area (Å²) in [5, 5.41) is 0. The number of hydrogen-bond donors (Lipinski definition) is 0. The fraction of sp³-hybridized carbons (Fsp3) is 0.952. The van der Waals surface area contributed by atoms with Gasteiger partial charge in [0, 0.05) is 26.6 Å². The van der Waals surface area contributed by atoms with Crippen molar-refractivity contribution in [3.63, 3.8) is 0 Å². The molecule has 2 fully saturated rings. The Bertz CT molecular complexity index is 346. The summed E-state index contributed by atoms with van der Waals surface area (Å²) in [6.07, 6.45) is 17.3. The Morgan fingerprint density at radius 1 is 0.750 bits per heavy atom. The molecule has 0 atom stereocenters. The molecule has 0 radical (unpaired) electrons. The zero-order valence-electron chi connectivity index (χ0n) is 16.3. The van der Waals surface area contributed by atoms with E-state index in [2.05, 4.69) is 11.9 Å². The van der Waals surface area contributed by atoms with Gasteiger partial charge in [-0.3, -0.25) is 4.79 Å². The summed E-state index contributed by atoms with van der Waals surface area (Å²) in [5.41, 5.74) is 0. The monoisotopic (exact) mass is 336 g/mol. The first-order valence-electron chi connectivity index (χ1n) is 10.6. The number of hydrogen-bond acceptors (Lipinski definition) is 2. The van der Waals surface area contributed by atoms with Gasteiger partial charge < -0.3 is 9.80 Å². The summed E-state index contributed by atoms with van der Waals surface area (Å²) >= 11 is 0. The lowest BCUT2D eigenvalue weighted by atomic mass is 9.87. The molecule has 0 aromatic rings. The Balaban J connectivity index is 1.53. The number of carbonyl (C=O) groups is 1. The van der Waals surface area contributed by atoms with Crippen LogP contribution in [0.25, 0.3) is 0 Å². The summed E-state index contributed by atoms with van der Waals surface area (Å²) in [6, 6.07) is 0. The molecule has 1 amide bonds. The maximum absolute atomic E-state index is 12.3. The van der Waals surface area contributed by atoms with E-state index in [-0.39, 0.29) is 0 Å². The lowest BCUT2D eigenvalue weighted by Crippen LogP contribution is -2.33. The van der Waals surface area contributed by atoms with Crippen molar-refractivity contribution in [3.8, 4) is 0 Å². The Morgan fingerprint density at radius 3 is 1.79 bits per heavy atom. The lowest BCUT2D eigenvalue weighted by molar-refractivity contribution is -0.130. The van der Waals surface area contributed by atoms with E-state index < -0.39 is 0 Å². The third-order valence-corrected chi connectivity index (χ3v) is 6.37. The van der Waals surface area contributed by atoms with Crippen LogP contribution in [-0.2, 0) is 4.79 Å². The number of carbonyl (C=O) groups excluding carboxylic acids is 1. The van der Waals surface area contributed by atoms with Gasteiger partial charge >= 0.3 is 0 Å². The van der Waals surface area contributed by atoms with Crippen molar-refractivity contribution in [2.75, 3.05) is 33.7 Å². The van der Waals surface area contributed by atoms with Crippen molar-refractivity contribution < 1.29 is 4.79 Å². The van der Waals surface area contributed by atoms with E-state index in [1.54, 1.807) is 0 Å². The first kappa shape index (κ1) is 19.8. The summed E-state index contributed by atoms with van der Waals surface area (Å²) in [5.74, 6) is 2.14. The normalized spacial score (nSPS) is 20.5. The van der Waals surface area contributed by atoms with E-state index in [1.165, 1.54) is 77.0 Å². The highest BCUT2D eigenvalue weighted by Crippen LogP contribution is 2.27. The summed E-state index contributed by atoms with van der Waals surface area (Å²) in [4.78, 5) is 16.7. The van der Waals surface area contributed by atoms with Gasteiger partial charge in [-0.05, 0) is 38.3 Å². The van der Waals surface area contributed by atoms with Crippen molar-refractivity contribution in [1.29, 1.82) is 0 Å². The zero-order chi connectivity index (χ0) is 17.2. The molecule has 0 spiro atoms. The minimum Gasteiger partial charge on any atom is -0.346 e. The maximum Gasteiger partial charge on any atom is 0.223 e. The molecule has 3 heteroatoms. The van der Waals surface area contributed by atoms with E-state index in [9.17, 15) is 4.79 Å². The summed E-state index contributed by atoms with van der Waals surface area (Å²) in [7, 11) is 4.17. The Kier molecular flexibility index (Phi) is 9.15. The Hall–Kier alpha value is -0.570. The van der Waals surface area contributed by atoms with Gasteiger partial charge in [0.2, 0.25) is 5.91 Å². The van der Waals surface area contributed by atoms with Crippen LogP contribution in [0.1, 0.15) is 83.5 Å². The average molecular weight is 337 g/mol. The fourth-order valence-electron chi connectivity index (χ4n) is 4.44. The molecule has 0 heterocycles. The molecule has 3 nitrogen and oxygen atoms in total. The van der Waals surface area contributed by atoms with Crippen molar-refractivity contribution in [3.05, 3.63) is 0 Å². The Morgan fingerprint density at radius 2 is 1.25 bits per heavy atom. The van der Waals surface area contributed by atoms with E-state index in [0.717, 1.165) is 31.5 Å². The highest BCUT2D eigenvalue weighted by atomic mass is 16.2.